The van der Waals surface area contributed by atoms with Crippen LogP contribution in [0.4, 0.5) is 10.5 Å². The van der Waals surface area contributed by atoms with Crippen LogP contribution in [0.25, 0.3) is 0 Å². The summed E-state index contributed by atoms with van der Waals surface area (Å²) in [4.78, 5) is 25.5. The quantitative estimate of drug-likeness (QED) is 0.805. The number of hydrogen-bond donors (Lipinski definition) is 1. The molecule has 2 heterocycles. The van der Waals surface area contributed by atoms with Gasteiger partial charge in [-0.15, -0.1) is 0 Å². The monoisotopic (exact) mass is 364 g/mol. The smallest absolute Gasteiger partial charge is 0.281 e. The standard InChI is InChI=1S/C18H24N2O4S/c21-17(8-9-20-10-12-25-18(20)22)19-15-6-1-2-7-16(15)24-13-14-5-3-4-11-23-14/h1-2,6-7,14H,3-5,8-13H2,(H,19,21). The van der Waals surface area contributed by atoms with Crippen LogP contribution in [0.3, 0.4) is 0 Å². The summed E-state index contributed by atoms with van der Waals surface area (Å²) in [5.74, 6) is 1.34. The number of rotatable bonds is 7. The number of amides is 2. The van der Waals surface area contributed by atoms with Crippen LogP contribution in [0.2, 0.25) is 0 Å². The number of hydrogen-bond acceptors (Lipinski definition) is 5. The lowest BCUT2D eigenvalue weighted by atomic mass is 10.1. The summed E-state index contributed by atoms with van der Waals surface area (Å²) >= 11 is 1.31. The molecule has 25 heavy (non-hydrogen) atoms. The van der Waals surface area contributed by atoms with E-state index in [-0.39, 0.29) is 23.7 Å². The Balaban J connectivity index is 1.49. The van der Waals surface area contributed by atoms with Crippen molar-refractivity contribution in [3.8, 4) is 5.75 Å². The van der Waals surface area contributed by atoms with Crippen LogP contribution in [-0.2, 0) is 9.53 Å². The molecular weight excluding hydrogens is 340 g/mol. The fourth-order valence-corrected chi connectivity index (χ4v) is 3.75. The van der Waals surface area contributed by atoms with Crippen molar-refractivity contribution in [1.82, 2.24) is 4.90 Å². The summed E-state index contributed by atoms with van der Waals surface area (Å²) in [6.07, 6.45) is 3.69. The molecule has 1 unspecified atom stereocenters. The molecule has 0 aromatic heterocycles. The molecule has 1 aromatic carbocycles. The van der Waals surface area contributed by atoms with Crippen LogP contribution in [0.1, 0.15) is 25.7 Å². The van der Waals surface area contributed by atoms with E-state index >= 15 is 0 Å². The molecule has 1 aromatic rings. The van der Waals surface area contributed by atoms with Gasteiger partial charge in [-0.3, -0.25) is 9.59 Å². The molecular formula is C18H24N2O4S. The molecule has 136 valence electrons. The van der Waals surface area contributed by atoms with E-state index in [9.17, 15) is 9.59 Å². The average Bonchev–Trinajstić information content (AvgIpc) is 3.05. The van der Waals surface area contributed by atoms with E-state index < -0.39 is 0 Å². The van der Waals surface area contributed by atoms with Crippen molar-refractivity contribution in [2.24, 2.45) is 0 Å². The third-order valence-electron chi connectivity index (χ3n) is 4.31. The first-order chi connectivity index (χ1) is 12.2. The highest BCUT2D eigenvalue weighted by atomic mass is 32.2. The number of nitrogens with one attached hydrogen (secondary N) is 1. The summed E-state index contributed by atoms with van der Waals surface area (Å²) in [5.41, 5.74) is 0.658. The highest BCUT2D eigenvalue weighted by molar-refractivity contribution is 8.13. The van der Waals surface area contributed by atoms with Crippen molar-refractivity contribution in [2.75, 3.05) is 37.4 Å². The maximum absolute atomic E-state index is 12.2. The van der Waals surface area contributed by atoms with Gasteiger partial charge in [0.1, 0.15) is 12.4 Å². The number of carbonyl (C=O) groups is 2. The van der Waals surface area contributed by atoms with Gasteiger partial charge in [0, 0.05) is 31.9 Å². The zero-order valence-electron chi connectivity index (χ0n) is 14.2. The Bertz CT molecular complexity index is 604. The van der Waals surface area contributed by atoms with Crippen LogP contribution in [0.15, 0.2) is 24.3 Å². The number of para-hydroxylation sites is 2. The summed E-state index contributed by atoms with van der Waals surface area (Å²) < 4.78 is 11.5. The van der Waals surface area contributed by atoms with Crippen molar-refractivity contribution >= 4 is 28.6 Å². The number of benzene rings is 1. The molecule has 0 spiro atoms. The summed E-state index contributed by atoms with van der Waals surface area (Å²) in [6, 6.07) is 7.41. The number of carbonyl (C=O) groups excluding carboxylic acids is 2. The van der Waals surface area contributed by atoms with Gasteiger partial charge in [-0.25, -0.2) is 0 Å². The van der Waals surface area contributed by atoms with E-state index in [2.05, 4.69) is 5.32 Å². The molecule has 2 saturated heterocycles. The van der Waals surface area contributed by atoms with Crippen LogP contribution in [0.5, 0.6) is 5.75 Å². The molecule has 2 amide bonds. The summed E-state index contributed by atoms with van der Waals surface area (Å²) in [5, 5.41) is 2.95. The Kier molecular flexibility index (Phi) is 6.58. The third kappa shape index (κ3) is 5.37. The number of anilines is 1. The SMILES string of the molecule is O=C(CCN1CCSC1=O)Nc1ccccc1OCC1CCCCO1. The summed E-state index contributed by atoms with van der Waals surface area (Å²) in [7, 11) is 0. The predicted molar refractivity (Wildman–Crippen MR) is 98.2 cm³/mol. The van der Waals surface area contributed by atoms with Crippen molar-refractivity contribution in [3.63, 3.8) is 0 Å². The van der Waals surface area contributed by atoms with E-state index in [0.29, 0.717) is 24.6 Å². The minimum Gasteiger partial charge on any atom is -0.489 e. The second-order valence-electron chi connectivity index (χ2n) is 6.20. The second-order valence-corrected chi connectivity index (χ2v) is 7.24. The molecule has 1 N–H and O–H groups in total. The van der Waals surface area contributed by atoms with Crippen LogP contribution >= 0.6 is 11.8 Å². The lowest BCUT2D eigenvalue weighted by Crippen LogP contribution is -2.28. The van der Waals surface area contributed by atoms with Crippen molar-refractivity contribution in [3.05, 3.63) is 24.3 Å². The van der Waals surface area contributed by atoms with Gasteiger partial charge in [-0.1, -0.05) is 23.9 Å². The molecule has 2 aliphatic rings. The highest BCUT2D eigenvalue weighted by Crippen LogP contribution is 2.25. The van der Waals surface area contributed by atoms with Gasteiger partial charge in [-0.05, 0) is 31.4 Å². The predicted octanol–water partition coefficient (Wildman–Crippen LogP) is 3.13. The molecule has 2 fully saturated rings. The first-order valence-electron chi connectivity index (χ1n) is 8.77. The second kappa shape index (κ2) is 9.10. The van der Waals surface area contributed by atoms with Crippen LogP contribution in [-0.4, -0.2) is 54.2 Å². The van der Waals surface area contributed by atoms with Crippen molar-refractivity contribution in [1.29, 1.82) is 0 Å². The van der Waals surface area contributed by atoms with E-state index in [4.69, 9.17) is 9.47 Å². The molecule has 3 rings (SSSR count). The molecule has 2 aliphatic heterocycles. The largest absolute Gasteiger partial charge is 0.489 e. The zero-order valence-corrected chi connectivity index (χ0v) is 15.1. The minimum absolute atomic E-state index is 0.0593. The third-order valence-corrected chi connectivity index (χ3v) is 5.21. The fraction of sp³-hybridized carbons (Fsp3) is 0.556. The molecule has 0 saturated carbocycles. The Hall–Kier alpha value is -1.73. The summed E-state index contributed by atoms with van der Waals surface area (Å²) in [6.45, 7) is 2.46. The Morgan fingerprint density at radius 3 is 3.00 bits per heavy atom. The number of nitrogens with zero attached hydrogens (tertiary/aromatic N) is 1. The average molecular weight is 364 g/mol. The maximum Gasteiger partial charge on any atom is 0.281 e. The first kappa shape index (κ1) is 18.1. The Labute approximate surface area is 152 Å². The Morgan fingerprint density at radius 1 is 1.36 bits per heavy atom. The number of ether oxygens (including phenoxy) is 2. The van der Waals surface area contributed by atoms with Gasteiger partial charge in [0.05, 0.1) is 11.8 Å². The normalized spacial score (nSPS) is 20.6. The minimum atomic E-state index is -0.116. The van der Waals surface area contributed by atoms with E-state index in [1.165, 1.54) is 18.2 Å². The molecule has 0 aliphatic carbocycles. The van der Waals surface area contributed by atoms with Crippen molar-refractivity contribution in [2.45, 2.75) is 31.8 Å². The maximum atomic E-state index is 12.2. The van der Waals surface area contributed by atoms with Crippen molar-refractivity contribution < 1.29 is 19.1 Å². The van der Waals surface area contributed by atoms with Gasteiger partial charge >= 0.3 is 0 Å². The number of thioether (sulfide) groups is 1. The molecule has 7 heteroatoms. The van der Waals surface area contributed by atoms with E-state index in [1.807, 2.05) is 24.3 Å². The lowest BCUT2D eigenvalue weighted by Gasteiger charge is -2.23. The van der Waals surface area contributed by atoms with Gasteiger partial charge < -0.3 is 19.7 Å². The van der Waals surface area contributed by atoms with Gasteiger partial charge in [0.15, 0.2) is 0 Å². The van der Waals surface area contributed by atoms with Gasteiger partial charge in [0.2, 0.25) is 5.91 Å². The van der Waals surface area contributed by atoms with Crippen LogP contribution < -0.4 is 10.1 Å². The van der Waals surface area contributed by atoms with E-state index in [1.54, 1.807) is 4.90 Å². The molecule has 1 atom stereocenters. The highest BCUT2D eigenvalue weighted by Gasteiger charge is 2.21. The Morgan fingerprint density at radius 2 is 2.24 bits per heavy atom. The first-order valence-corrected chi connectivity index (χ1v) is 9.76. The van der Waals surface area contributed by atoms with E-state index in [0.717, 1.165) is 31.7 Å². The zero-order chi connectivity index (χ0) is 17.5. The topological polar surface area (TPSA) is 67.9 Å². The van der Waals surface area contributed by atoms with Gasteiger partial charge in [0.25, 0.3) is 5.24 Å². The molecule has 0 bridgehead atoms. The molecule has 6 nitrogen and oxygen atoms in total. The molecule has 0 radical (unpaired) electrons. The fourth-order valence-electron chi connectivity index (χ4n) is 2.90. The lowest BCUT2D eigenvalue weighted by molar-refractivity contribution is -0.116. The van der Waals surface area contributed by atoms with Crippen LogP contribution in [0, 0.1) is 0 Å². The van der Waals surface area contributed by atoms with Gasteiger partial charge in [-0.2, -0.15) is 0 Å².